The van der Waals surface area contributed by atoms with Crippen LogP contribution in [0.1, 0.15) is 51.0 Å². The van der Waals surface area contributed by atoms with E-state index in [0.717, 1.165) is 50.4 Å². The van der Waals surface area contributed by atoms with Crippen LogP contribution in [0.25, 0.3) is 0 Å². The van der Waals surface area contributed by atoms with Crippen molar-refractivity contribution in [1.82, 2.24) is 15.0 Å². The smallest absolute Gasteiger partial charge is 0.222 e. The third-order valence-corrected chi connectivity index (χ3v) is 4.46. The second kappa shape index (κ2) is 7.77. The lowest BCUT2D eigenvalue weighted by Crippen LogP contribution is -2.34. The van der Waals surface area contributed by atoms with Crippen LogP contribution in [0.5, 0.6) is 0 Å². The Kier molecular flexibility index (Phi) is 6.00. The molecule has 1 unspecified atom stereocenters. The predicted octanol–water partition coefficient (Wildman–Crippen LogP) is 2.84. The van der Waals surface area contributed by atoms with Crippen LogP contribution >= 0.6 is 0 Å². The molecule has 2 heterocycles. The fourth-order valence-corrected chi connectivity index (χ4v) is 2.98. The SMILES string of the molecule is Cc1cc(CN(C)C2CCC(=O)N(CCC(C)C)CC2)on1. The third kappa shape index (κ3) is 4.83. The van der Waals surface area contributed by atoms with Crippen molar-refractivity contribution in [2.75, 3.05) is 20.1 Å². The maximum atomic E-state index is 12.2. The van der Waals surface area contributed by atoms with Crippen LogP contribution in [0.3, 0.4) is 0 Å². The van der Waals surface area contributed by atoms with Crippen molar-refractivity contribution < 1.29 is 9.32 Å². The molecule has 1 saturated heterocycles. The number of carbonyl (C=O) groups excluding carboxylic acids is 1. The Labute approximate surface area is 133 Å². The van der Waals surface area contributed by atoms with Gasteiger partial charge in [0.15, 0.2) is 5.76 Å². The molecule has 0 radical (unpaired) electrons. The van der Waals surface area contributed by atoms with Crippen LogP contribution < -0.4 is 0 Å². The summed E-state index contributed by atoms with van der Waals surface area (Å²) in [5.41, 5.74) is 0.916. The lowest BCUT2D eigenvalue weighted by Gasteiger charge is -2.26. The number of likely N-dealkylation sites (tertiary alicyclic amines) is 1. The van der Waals surface area contributed by atoms with E-state index in [1.165, 1.54) is 0 Å². The largest absolute Gasteiger partial charge is 0.360 e. The van der Waals surface area contributed by atoms with Gasteiger partial charge in [0, 0.05) is 31.6 Å². The summed E-state index contributed by atoms with van der Waals surface area (Å²) < 4.78 is 5.30. The Morgan fingerprint density at radius 3 is 2.86 bits per heavy atom. The van der Waals surface area contributed by atoms with Gasteiger partial charge in [0.25, 0.3) is 0 Å². The first-order valence-corrected chi connectivity index (χ1v) is 8.36. The second-order valence-corrected chi connectivity index (χ2v) is 6.89. The van der Waals surface area contributed by atoms with Gasteiger partial charge in [-0.2, -0.15) is 0 Å². The molecule has 1 aliphatic rings. The van der Waals surface area contributed by atoms with Gasteiger partial charge in [-0.1, -0.05) is 19.0 Å². The van der Waals surface area contributed by atoms with E-state index in [-0.39, 0.29) is 0 Å². The number of hydrogen-bond acceptors (Lipinski definition) is 4. The summed E-state index contributed by atoms with van der Waals surface area (Å²) in [6, 6.07) is 2.41. The summed E-state index contributed by atoms with van der Waals surface area (Å²) in [6.45, 7) is 8.87. The molecule has 0 saturated carbocycles. The van der Waals surface area contributed by atoms with Gasteiger partial charge in [-0.25, -0.2) is 0 Å². The fraction of sp³-hybridized carbons (Fsp3) is 0.765. The van der Waals surface area contributed by atoms with Gasteiger partial charge >= 0.3 is 0 Å². The van der Waals surface area contributed by atoms with E-state index < -0.39 is 0 Å². The molecule has 5 heteroatoms. The van der Waals surface area contributed by atoms with Crippen LogP contribution in [-0.2, 0) is 11.3 Å². The molecule has 2 rings (SSSR count). The molecule has 0 aliphatic carbocycles. The second-order valence-electron chi connectivity index (χ2n) is 6.89. The van der Waals surface area contributed by atoms with Gasteiger partial charge in [0.05, 0.1) is 12.2 Å². The Morgan fingerprint density at radius 2 is 2.23 bits per heavy atom. The Bertz CT molecular complexity index is 484. The third-order valence-electron chi connectivity index (χ3n) is 4.46. The molecule has 0 N–H and O–H groups in total. The zero-order valence-corrected chi connectivity index (χ0v) is 14.3. The van der Waals surface area contributed by atoms with E-state index >= 15 is 0 Å². The van der Waals surface area contributed by atoms with Crippen molar-refractivity contribution >= 4 is 5.91 Å². The Morgan fingerprint density at radius 1 is 1.45 bits per heavy atom. The summed E-state index contributed by atoms with van der Waals surface area (Å²) in [5, 5.41) is 3.93. The predicted molar refractivity (Wildman–Crippen MR) is 86.4 cm³/mol. The number of hydrogen-bond donors (Lipinski definition) is 0. The van der Waals surface area contributed by atoms with Crippen molar-refractivity contribution in [2.24, 2.45) is 5.92 Å². The van der Waals surface area contributed by atoms with E-state index in [0.29, 0.717) is 24.3 Å². The Balaban J connectivity index is 1.87. The molecule has 0 spiro atoms. The number of carbonyl (C=O) groups is 1. The first-order valence-electron chi connectivity index (χ1n) is 8.36. The fourth-order valence-electron chi connectivity index (χ4n) is 2.98. The molecule has 124 valence electrons. The maximum Gasteiger partial charge on any atom is 0.222 e. The molecule has 1 atom stereocenters. The molecular weight excluding hydrogens is 278 g/mol. The topological polar surface area (TPSA) is 49.6 Å². The number of aryl methyl sites for hydroxylation is 1. The number of rotatable bonds is 6. The molecule has 5 nitrogen and oxygen atoms in total. The highest BCUT2D eigenvalue weighted by Gasteiger charge is 2.25. The van der Waals surface area contributed by atoms with Crippen molar-refractivity contribution in [1.29, 1.82) is 0 Å². The number of nitrogens with zero attached hydrogens (tertiary/aromatic N) is 3. The maximum absolute atomic E-state index is 12.2. The standard InChI is InChI=1S/C17H29N3O2/c1-13(2)7-9-20-10-8-15(5-6-17(20)21)19(4)12-16-11-14(3)18-22-16/h11,13,15H,5-10,12H2,1-4H3. The minimum atomic E-state index is 0.312. The van der Waals surface area contributed by atoms with Crippen molar-refractivity contribution in [3.05, 3.63) is 17.5 Å². The number of amides is 1. The highest BCUT2D eigenvalue weighted by atomic mass is 16.5. The first-order chi connectivity index (χ1) is 10.5. The monoisotopic (exact) mass is 307 g/mol. The summed E-state index contributed by atoms with van der Waals surface area (Å²) in [4.78, 5) is 16.6. The van der Waals surface area contributed by atoms with Gasteiger partial charge < -0.3 is 9.42 Å². The molecule has 0 bridgehead atoms. The lowest BCUT2D eigenvalue weighted by molar-refractivity contribution is -0.130. The van der Waals surface area contributed by atoms with Crippen LogP contribution in [0.4, 0.5) is 0 Å². The van der Waals surface area contributed by atoms with Crippen LogP contribution in [0.2, 0.25) is 0 Å². The first kappa shape index (κ1) is 17.0. The lowest BCUT2D eigenvalue weighted by atomic mass is 10.1. The highest BCUT2D eigenvalue weighted by molar-refractivity contribution is 5.76. The molecule has 1 amide bonds. The zero-order valence-electron chi connectivity index (χ0n) is 14.3. The minimum Gasteiger partial charge on any atom is -0.360 e. The summed E-state index contributed by atoms with van der Waals surface area (Å²) in [5.74, 6) is 1.85. The molecule has 1 aromatic rings. The van der Waals surface area contributed by atoms with Gasteiger partial charge in [-0.05, 0) is 39.2 Å². The minimum absolute atomic E-state index is 0.312. The zero-order chi connectivity index (χ0) is 16.1. The molecule has 22 heavy (non-hydrogen) atoms. The van der Waals surface area contributed by atoms with Crippen LogP contribution in [0.15, 0.2) is 10.6 Å². The summed E-state index contributed by atoms with van der Waals surface area (Å²) in [6.07, 6.45) is 3.71. The van der Waals surface area contributed by atoms with Gasteiger partial charge in [-0.15, -0.1) is 0 Å². The Hall–Kier alpha value is -1.36. The van der Waals surface area contributed by atoms with Gasteiger partial charge in [-0.3, -0.25) is 9.69 Å². The average Bonchev–Trinajstić information content (AvgIpc) is 2.76. The van der Waals surface area contributed by atoms with Crippen LogP contribution in [0, 0.1) is 12.8 Å². The van der Waals surface area contributed by atoms with E-state index in [4.69, 9.17) is 4.52 Å². The number of aromatic nitrogens is 1. The molecule has 1 aromatic heterocycles. The van der Waals surface area contributed by atoms with E-state index in [2.05, 4.69) is 31.0 Å². The normalized spacial score (nSPS) is 20.0. The van der Waals surface area contributed by atoms with Crippen molar-refractivity contribution in [3.8, 4) is 0 Å². The van der Waals surface area contributed by atoms with E-state index in [1.807, 2.05) is 17.9 Å². The molecular formula is C17H29N3O2. The molecule has 0 aromatic carbocycles. The van der Waals surface area contributed by atoms with Crippen molar-refractivity contribution in [2.45, 2.75) is 59.0 Å². The summed E-state index contributed by atoms with van der Waals surface area (Å²) >= 11 is 0. The highest BCUT2D eigenvalue weighted by Crippen LogP contribution is 2.19. The summed E-state index contributed by atoms with van der Waals surface area (Å²) in [7, 11) is 2.11. The molecule has 1 aliphatic heterocycles. The molecule has 1 fully saturated rings. The average molecular weight is 307 g/mol. The van der Waals surface area contributed by atoms with Gasteiger partial charge in [0.1, 0.15) is 0 Å². The van der Waals surface area contributed by atoms with E-state index in [1.54, 1.807) is 0 Å². The van der Waals surface area contributed by atoms with E-state index in [9.17, 15) is 4.79 Å². The van der Waals surface area contributed by atoms with Crippen LogP contribution in [-0.4, -0.2) is 47.0 Å². The van der Waals surface area contributed by atoms with Crippen molar-refractivity contribution in [3.63, 3.8) is 0 Å². The quantitative estimate of drug-likeness (QED) is 0.811. The van der Waals surface area contributed by atoms with Gasteiger partial charge in [0.2, 0.25) is 5.91 Å².